The average Bonchev–Trinajstić information content (AvgIpc) is 2.20. The standard InChI is InChI=1S/C10H5BrFIN2O/c11-6-1-7(12)3-9(2-6)16-10-14-4-8(13)5-15-10/h1-5H. The monoisotopic (exact) mass is 394 g/mol. The summed E-state index contributed by atoms with van der Waals surface area (Å²) < 4.78 is 19.9. The summed E-state index contributed by atoms with van der Waals surface area (Å²) in [5.74, 6) is -0.0250. The number of aromatic nitrogens is 2. The molecule has 0 amide bonds. The molecule has 0 N–H and O–H groups in total. The minimum Gasteiger partial charge on any atom is -0.424 e. The fraction of sp³-hybridized carbons (Fsp3) is 0. The van der Waals surface area contributed by atoms with E-state index in [0.29, 0.717) is 10.2 Å². The Hall–Kier alpha value is -0.760. The number of halogens is 3. The molecule has 2 rings (SSSR count). The Morgan fingerprint density at radius 1 is 1.19 bits per heavy atom. The van der Waals surface area contributed by atoms with E-state index in [1.54, 1.807) is 18.5 Å². The van der Waals surface area contributed by atoms with Crippen molar-refractivity contribution >= 4 is 38.5 Å². The van der Waals surface area contributed by atoms with Crippen molar-refractivity contribution < 1.29 is 9.13 Å². The lowest BCUT2D eigenvalue weighted by Gasteiger charge is -2.03. The Morgan fingerprint density at radius 2 is 1.88 bits per heavy atom. The number of nitrogens with zero attached hydrogens (tertiary/aromatic N) is 2. The topological polar surface area (TPSA) is 35.0 Å². The predicted octanol–water partition coefficient (Wildman–Crippen LogP) is 3.78. The van der Waals surface area contributed by atoms with E-state index < -0.39 is 0 Å². The van der Waals surface area contributed by atoms with Crippen LogP contribution in [0, 0.1) is 9.39 Å². The summed E-state index contributed by atoms with van der Waals surface area (Å²) in [5.41, 5.74) is 0. The summed E-state index contributed by atoms with van der Waals surface area (Å²) in [6, 6.07) is 4.45. The van der Waals surface area contributed by atoms with Crippen molar-refractivity contribution in [1.29, 1.82) is 0 Å². The Balaban J connectivity index is 2.23. The van der Waals surface area contributed by atoms with Gasteiger partial charge in [0.05, 0.1) is 0 Å². The maximum atomic E-state index is 13.0. The predicted molar refractivity (Wildman–Crippen MR) is 68.9 cm³/mol. The van der Waals surface area contributed by atoms with E-state index in [9.17, 15) is 4.39 Å². The lowest BCUT2D eigenvalue weighted by atomic mass is 10.3. The van der Waals surface area contributed by atoms with Crippen LogP contribution in [0.15, 0.2) is 35.1 Å². The summed E-state index contributed by atoms with van der Waals surface area (Å²) in [5, 5.41) is 0. The molecule has 0 aliphatic heterocycles. The molecule has 0 radical (unpaired) electrons. The highest BCUT2D eigenvalue weighted by Crippen LogP contribution is 2.23. The number of hydrogen-bond donors (Lipinski definition) is 0. The van der Waals surface area contributed by atoms with Crippen molar-refractivity contribution in [3.63, 3.8) is 0 Å². The molecule has 82 valence electrons. The second kappa shape index (κ2) is 5.05. The van der Waals surface area contributed by atoms with Crippen molar-refractivity contribution in [1.82, 2.24) is 9.97 Å². The smallest absolute Gasteiger partial charge is 0.321 e. The largest absolute Gasteiger partial charge is 0.424 e. The summed E-state index contributed by atoms with van der Waals surface area (Å²) in [7, 11) is 0. The molecule has 3 nitrogen and oxygen atoms in total. The van der Waals surface area contributed by atoms with Gasteiger partial charge in [-0.15, -0.1) is 0 Å². The van der Waals surface area contributed by atoms with E-state index in [1.807, 2.05) is 0 Å². The minimum atomic E-state index is -0.380. The third-order valence-electron chi connectivity index (χ3n) is 1.64. The second-order valence-corrected chi connectivity index (χ2v) is 5.05. The summed E-state index contributed by atoms with van der Waals surface area (Å²) in [4.78, 5) is 7.91. The van der Waals surface area contributed by atoms with Crippen molar-refractivity contribution in [3.8, 4) is 11.8 Å². The van der Waals surface area contributed by atoms with E-state index in [-0.39, 0.29) is 11.8 Å². The number of benzene rings is 1. The van der Waals surface area contributed by atoms with Gasteiger partial charge in [0.2, 0.25) is 0 Å². The van der Waals surface area contributed by atoms with Crippen molar-refractivity contribution in [3.05, 3.63) is 44.5 Å². The van der Waals surface area contributed by atoms with Gasteiger partial charge < -0.3 is 4.74 Å². The summed E-state index contributed by atoms with van der Waals surface area (Å²) >= 11 is 5.27. The van der Waals surface area contributed by atoms with Crippen LogP contribution in [0.25, 0.3) is 0 Å². The number of rotatable bonds is 2. The fourth-order valence-electron chi connectivity index (χ4n) is 1.05. The molecular formula is C10H5BrFIN2O. The normalized spacial score (nSPS) is 10.2. The van der Waals surface area contributed by atoms with E-state index in [4.69, 9.17) is 4.74 Å². The van der Waals surface area contributed by atoms with Gasteiger partial charge in [0.1, 0.15) is 11.6 Å². The quantitative estimate of drug-likeness (QED) is 0.727. The van der Waals surface area contributed by atoms with Gasteiger partial charge in [-0.2, -0.15) is 0 Å². The van der Waals surface area contributed by atoms with Gasteiger partial charge in [0.15, 0.2) is 0 Å². The second-order valence-electron chi connectivity index (χ2n) is 2.89. The molecule has 0 fully saturated rings. The SMILES string of the molecule is Fc1cc(Br)cc(Oc2ncc(I)cn2)c1. The fourth-order valence-corrected chi connectivity index (χ4v) is 1.77. The first kappa shape index (κ1) is 11.7. The summed E-state index contributed by atoms with van der Waals surface area (Å²) in [6.07, 6.45) is 3.24. The molecule has 1 aromatic carbocycles. The van der Waals surface area contributed by atoms with Crippen molar-refractivity contribution in [2.45, 2.75) is 0 Å². The Labute approximate surface area is 113 Å². The van der Waals surface area contributed by atoms with Crippen LogP contribution in [0.5, 0.6) is 11.8 Å². The maximum Gasteiger partial charge on any atom is 0.321 e. The van der Waals surface area contributed by atoms with Crippen LogP contribution in [0.1, 0.15) is 0 Å². The molecule has 0 saturated carbocycles. The van der Waals surface area contributed by atoms with Gasteiger partial charge >= 0.3 is 6.01 Å². The zero-order valence-electron chi connectivity index (χ0n) is 7.82. The van der Waals surface area contributed by atoms with Crippen LogP contribution < -0.4 is 4.74 Å². The Kier molecular flexibility index (Phi) is 3.70. The average molecular weight is 395 g/mol. The molecule has 6 heteroatoms. The Morgan fingerprint density at radius 3 is 2.50 bits per heavy atom. The number of hydrogen-bond acceptors (Lipinski definition) is 3. The van der Waals surface area contributed by atoms with Crippen molar-refractivity contribution in [2.75, 3.05) is 0 Å². The molecule has 16 heavy (non-hydrogen) atoms. The van der Waals surface area contributed by atoms with Gasteiger partial charge in [-0.3, -0.25) is 0 Å². The highest BCUT2D eigenvalue weighted by molar-refractivity contribution is 14.1. The Bertz CT molecular complexity index is 486. The van der Waals surface area contributed by atoms with E-state index in [0.717, 1.165) is 3.57 Å². The maximum absolute atomic E-state index is 13.0. The number of ether oxygens (including phenoxy) is 1. The lowest BCUT2D eigenvalue weighted by Crippen LogP contribution is -1.92. The summed E-state index contributed by atoms with van der Waals surface area (Å²) in [6.45, 7) is 0. The highest BCUT2D eigenvalue weighted by atomic mass is 127. The molecule has 0 aliphatic rings. The van der Waals surface area contributed by atoms with Gasteiger partial charge in [0, 0.05) is 26.5 Å². The van der Waals surface area contributed by atoms with E-state index >= 15 is 0 Å². The van der Waals surface area contributed by atoms with Crippen molar-refractivity contribution in [2.24, 2.45) is 0 Å². The van der Waals surface area contributed by atoms with Crippen LogP contribution in [0.2, 0.25) is 0 Å². The molecule has 1 heterocycles. The van der Waals surface area contributed by atoms with Crippen LogP contribution in [-0.4, -0.2) is 9.97 Å². The first-order chi connectivity index (χ1) is 7.63. The third-order valence-corrected chi connectivity index (χ3v) is 2.66. The van der Waals surface area contributed by atoms with Crippen LogP contribution in [0.3, 0.4) is 0 Å². The van der Waals surface area contributed by atoms with Gasteiger partial charge in [-0.25, -0.2) is 14.4 Å². The first-order valence-corrected chi connectivity index (χ1v) is 6.12. The third kappa shape index (κ3) is 3.11. The molecular weight excluding hydrogens is 390 g/mol. The van der Waals surface area contributed by atoms with Gasteiger partial charge in [-0.05, 0) is 34.7 Å². The molecule has 2 aromatic rings. The first-order valence-electron chi connectivity index (χ1n) is 4.25. The molecule has 1 aromatic heterocycles. The van der Waals surface area contributed by atoms with Crippen LogP contribution >= 0.6 is 38.5 Å². The minimum absolute atomic E-state index is 0.193. The lowest BCUT2D eigenvalue weighted by molar-refractivity contribution is 0.437. The molecule has 0 aliphatic carbocycles. The molecule has 0 saturated heterocycles. The zero-order valence-corrected chi connectivity index (χ0v) is 11.6. The van der Waals surface area contributed by atoms with Crippen LogP contribution in [-0.2, 0) is 0 Å². The van der Waals surface area contributed by atoms with Gasteiger partial charge in [0.25, 0.3) is 0 Å². The van der Waals surface area contributed by atoms with Gasteiger partial charge in [-0.1, -0.05) is 15.9 Å². The van der Waals surface area contributed by atoms with E-state index in [1.165, 1.54) is 12.1 Å². The highest BCUT2D eigenvalue weighted by Gasteiger charge is 2.03. The molecule has 0 unspecified atom stereocenters. The molecule has 0 bridgehead atoms. The zero-order chi connectivity index (χ0) is 11.5. The molecule has 0 spiro atoms. The van der Waals surface area contributed by atoms with Crippen LogP contribution in [0.4, 0.5) is 4.39 Å². The van der Waals surface area contributed by atoms with E-state index in [2.05, 4.69) is 48.5 Å². The molecule has 0 atom stereocenters.